The van der Waals surface area contributed by atoms with Crippen molar-refractivity contribution in [1.29, 1.82) is 0 Å². The van der Waals surface area contributed by atoms with Crippen LogP contribution in [-0.2, 0) is 6.54 Å². The molecule has 106 valence electrons. The molecule has 0 bridgehead atoms. The number of rotatable bonds is 5. The van der Waals surface area contributed by atoms with E-state index in [-0.39, 0.29) is 11.8 Å². The van der Waals surface area contributed by atoms with E-state index in [4.69, 9.17) is 27.6 Å². The van der Waals surface area contributed by atoms with Crippen LogP contribution in [0.5, 0.6) is 0 Å². The monoisotopic (exact) mass is 311 g/mol. The second kappa shape index (κ2) is 6.44. The van der Waals surface area contributed by atoms with Crippen LogP contribution < -0.4 is 0 Å². The number of halogens is 2. The van der Waals surface area contributed by atoms with Crippen molar-refractivity contribution in [2.75, 3.05) is 7.05 Å². The Bertz CT molecular complexity index is 596. The van der Waals surface area contributed by atoms with E-state index >= 15 is 0 Å². The van der Waals surface area contributed by atoms with Gasteiger partial charge in [-0.3, -0.25) is 9.69 Å². The summed E-state index contributed by atoms with van der Waals surface area (Å²) in [7, 11) is 1.87. The fraction of sp³-hybridized carbons (Fsp3) is 0.267. The van der Waals surface area contributed by atoms with Crippen molar-refractivity contribution in [2.24, 2.45) is 0 Å². The smallest absolute Gasteiger partial charge is 0.181 e. The zero-order chi connectivity index (χ0) is 14.7. The van der Waals surface area contributed by atoms with Crippen LogP contribution in [0.25, 0.3) is 0 Å². The third-order valence-electron chi connectivity index (χ3n) is 3.22. The highest BCUT2D eigenvalue weighted by atomic mass is 35.5. The normalized spacial score (nSPS) is 12.7. The van der Waals surface area contributed by atoms with Crippen LogP contribution in [0.4, 0.5) is 0 Å². The number of ketones is 1. The number of hydrogen-bond donors (Lipinski definition) is 0. The van der Waals surface area contributed by atoms with Crippen LogP contribution in [0, 0.1) is 0 Å². The third-order valence-corrected chi connectivity index (χ3v) is 3.77. The second-order valence-electron chi connectivity index (χ2n) is 4.66. The molecule has 2 rings (SSSR count). The van der Waals surface area contributed by atoms with Crippen molar-refractivity contribution >= 4 is 29.0 Å². The number of hydrogen-bond acceptors (Lipinski definition) is 3. The summed E-state index contributed by atoms with van der Waals surface area (Å²) in [5.74, 6) is 0.773. The summed E-state index contributed by atoms with van der Waals surface area (Å²) in [4.78, 5) is 14.4. The van der Waals surface area contributed by atoms with E-state index in [2.05, 4.69) is 0 Å². The number of carbonyl (C=O) groups is 1. The van der Waals surface area contributed by atoms with Gasteiger partial charge in [0.05, 0.1) is 23.9 Å². The van der Waals surface area contributed by atoms with Crippen molar-refractivity contribution in [1.82, 2.24) is 4.90 Å². The number of Topliss-reactive ketones (excluding diaryl/α,β-unsaturated/α-hetero) is 1. The van der Waals surface area contributed by atoms with Gasteiger partial charge in [0.2, 0.25) is 0 Å². The minimum Gasteiger partial charge on any atom is -0.468 e. The van der Waals surface area contributed by atoms with Gasteiger partial charge in [-0.15, -0.1) is 0 Å². The van der Waals surface area contributed by atoms with E-state index in [1.807, 2.05) is 31.0 Å². The predicted molar refractivity (Wildman–Crippen MR) is 80.4 cm³/mol. The van der Waals surface area contributed by atoms with E-state index in [9.17, 15) is 4.79 Å². The molecule has 0 N–H and O–H groups in total. The van der Waals surface area contributed by atoms with Gasteiger partial charge in [0.15, 0.2) is 5.78 Å². The van der Waals surface area contributed by atoms with E-state index in [1.54, 1.807) is 24.5 Å². The van der Waals surface area contributed by atoms with Crippen LogP contribution >= 0.6 is 23.2 Å². The van der Waals surface area contributed by atoms with E-state index in [0.29, 0.717) is 22.2 Å². The zero-order valence-electron chi connectivity index (χ0n) is 11.3. The molecule has 0 saturated heterocycles. The van der Waals surface area contributed by atoms with E-state index in [1.165, 1.54) is 0 Å². The van der Waals surface area contributed by atoms with Gasteiger partial charge in [0, 0.05) is 10.6 Å². The quantitative estimate of drug-likeness (QED) is 0.772. The van der Waals surface area contributed by atoms with Crippen molar-refractivity contribution < 1.29 is 9.21 Å². The highest BCUT2D eigenvalue weighted by Crippen LogP contribution is 2.23. The Balaban J connectivity index is 2.11. The topological polar surface area (TPSA) is 33.5 Å². The van der Waals surface area contributed by atoms with Gasteiger partial charge in [-0.1, -0.05) is 23.2 Å². The lowest BCUT2D eigenvalue weighted by molar-refractivity contribution is 0.0855. The number of furan rings is 1. The maximum atomic E-state index is 12.4. The first kappa shape index (κ1) is 15.1. The molecular weight excluding hydrogens is 297 g/mol. The molecule has 5 heteroatoms. The average molecular weight is 312 g/mol. The van der Waals surface area contributed by atoms with Crippen LogP contribution in [0.3, 0.4) is 0 Å². The molecule has 0 aliphatic carbocycles. The fourth-order valence-electron chi connectivity index (χ4n) is 1.90. The first-order chi connectivity index (χ1) is 9.49. The lowest BCUT2D eigenvalue weighted by Crippen LogP contribution is -2.35. The van der Waals surface area contributed by atoms with Crippen LogP contribution in [0.2, 0.25) is 10.0 Å². The molecule has 1 heterocycles. The van der Waals surface area contributed by atoms with Gasteiger partial charge in [0.1, 0.15) is 5.76 Å². The highest BCUT2D eigenvalue weighted by molar-refractivity contribution is 6.37. The summed E-state index contributed by atoms with van der Waals surface area (Å²) in [6, 6.07) is 8.30. The summed E-state index contributed by atoms with van der Waals surface area (Å²) in [5.41, 5.74) is 0.481. The summed E-state index contributed by atoms with van der Waals surface area (Å²) in [6.45, 7) is 2.40. The number of nitrogens with zero attached hydrogens (tertiary/aromatic N) is 1. The molecule has 0 amide bonds. The molecule has 20 heavy (non-hydrogen) atoms. The summed E-state index contributed by atoms with van der Waals surface area (Å²) in [5, 5.41) is 0.892. The van der Waals surface area contributed by atoms with Gasteiger partial charge in [-0.05, 0) is 44.3 Å². The minimum absolute atomic E-state index is 0.0410. The van der Waals surface area contributed by atoms with Crippen LogP contribution in [0.1, 0.15) is 23.0 Å². The van der Waals surface area contributed by atoms with Crippen molar-refractivity contribution in [3.63, 3.8) is 0 Å². The fourth-order valence-corrected chi connectivity index (χ4v) is 2.40. The minimum atomic E-state index is -0.307. The van der Waals surface area contributed by atoms with Gasteiger partial charge in [0.25, 0.3) is 0 Å². The Hall–Kier alpha value is -1.29. The van der Waals surface area contributed by atoms with Gasteiger partial charge in [-0.25, -0.2) is 0 Å². The molecule has 1 aromatic heterocycles. The lowest BCUT2D eigenvalue weighted by atomic mass is 10.0. The molecule has 1 atom stereocenters. The van der Waals surface area contributed by atoms with Gasteiger partial charge >= 0.3 is 0 Å². The third kappa shape index (κ3) is 3.42. The molecule has 1 unspecified atom stereocenters. The second-order valence-corrected chi connectivity index (χ2v) is 5.50. The van der Waals surface area contributed by atoms with Crippen molar-refractivity contribution in [3.8, 4) is 0 Å². The number of carbonyl (C=O) groups excluding carboxylic acids is 1. The molecule has 0 fully saturated rings. The molecule has 0 aliphatic heterocycles. The van der Waals surface area contributed by atoms with E-state index in [0.717, 1.165) is 5.76 Å². The molecule has 0 aliphatic rings. The molecule has 2 aromatic rings. The Morgan fingerprint density at radius 1 is 1.35 bits per heavy atom. The zero-order valence-corrected chi connectivity index (χ0v) is 12.8. The summed E-state index contributed by atoms with van der Waals surface area (Å²) < 4.78 is 5.28. The molecule has 0 spiro atoms. The van der Waals surface area contributed by atoms with Gasteiger partial charge in [-0.2, -0.15) is 0 Å². The first-order valence-electron chi connectivity index (χ1n) is 6.21. The highest BCUT2D eigenvalue weighted by Gasteiger charge is 2.22. The molecule has 0 saturated carbocycles. The number of benzene rings is 1. The summed E-state index contributed by atoms with van der Waals surface area (Å²) >= 11 is 11.9. The Labute approximate surface area is 128 Å². The van der Waals surface area contributed by atoms with Crippen LogP contribution in [0.15, 0.2) is 41.0 Å². The lowest BCUT2D eigenvalue weighted by Gasteiger charge is -2.22. The molecule has 3 nitrogen and oxygen atoms in total. The largest absolute Gasteiger partial charge is 0.468 e. The van der Waals surface area contributed by atoms with E-state index < -0.39 is 0 Å². The predicted octanol–water partition coefficient (Wildman–Crippen LogP) is 4.29. The van der Waals surface area contributed by atoms with Gasteiger partial charge < -0.3 is 4.42 Å². The first-order valence-corrected chi connectivity index (χ1v) is 6.96. The molecule has 1 aromatic carbocycles. The van der Waals surface area contributed by atoms with Crippen LogP contribution in [-0.4, -0.2) is 23.8 Å². The average Bonchev–Trinajstić information content (AvgIpc) is 2.90. The molecule has 0 radical (unpaired) electrons. The standard InChI is InChI=1S/C15H15Cl2NO2/c1-10(18(2)9-12-4-3-7-20-12)15(19)13-6-5-11(16)8-14(13)17/h3-8,10H,9H2,1-2H3. The maximum Gasteiger partial charge on any atom is 0.181 e. The Morgan fingerprint density at radius 2 is 2.10 bits per heavy atom. The van der Waals surface area contributed by atoms with Crippen molar-refractivity contribution in [2.45, 2.75) is 19.5 Å². The molecular formula is C15H15Cl2NO2. The number of likely N-dealkylation sites (N-methyl/N-ethyl adjacent to an activating group) is 1. The Morgan fingerprint density at radius 3 is 2.70 bits per heavy atom. The van der Waals surface area contributed by atoms with Crippen molar-refractivity contribution in [3.05, 3.63) is 58.0 Å². The SMILES string of the molecule is CC(C(=O)c1ccc(Cl)cc1Cl)N(C)Cc1ccco1. The maximum absolute atomic E-state index is 12.4. The summed E-state index contributed by atoms with van der Waals surface area (Å²) in [6.07, 6.45) is 1.62. The Kier molecular flexibility index (Phi) is 4.86.